The van der Waals surface area contributed by atoms with Gasteiger partial charge < -0.3 is 10.1 Å². The second kappa shape index (κ2) is 7.51. The number of halogens is 1. The van der Waals surface area contributed by atoms with E-state index in [1.54, 1.807) is 0 Å². The highest BCUT2D eigenvalue weighted by Gasteiger charge is 2.02. The van der Waals surface area contributed by atoms with Crippen molar-refractivity contribution in [3.8, 4) is 5.75 Å². The molecule has 1 aromatic carbocycles. The number of hydrogen-bond donors (Lipinski definition) is 1. The van der Waals surface area contributed by atoms with Crippen LogP contribution in [0.15, 0.2) is 34.8 Å². The van der Waals surface area contributed by atoms with Crippen molar-refractivity contribution in [1.82, 2.24) is 5.32 Å². The van der Waals surface area contributed by atoms with Gasteiger partial charge in [0, 0.05) is 13.0 Å². The maximum Gasteiger partial charge on any atom is 0.133 e. The third kappa shape index (κ3) is 5.37. The molecule has 0 aromatic heterocycles. The van der Waals surface area contributed by atoms with Crippen molar-refractivity contribution in [2.75, 3.05) is 13.2 Å². The molecule has 0 heterocycles. The third-order valence-electron chi connectivity index (χ3n) is 2.36. The summed E-state index contributed by atoms with van der Waals surface area (Å²) >= 11 is 3.53. The lowest BCUT2D eigenvalue weighted by Crippen LogP contribution is -2.11. The Labute approximate surface area is 112 Å². The Bertz CT molecular complexity index is 376. The first kappa shape index (κ1) is 14.3. The summed E-state index contributed by atoms with van der Waals surface area (Å²) in [5.41, 5.74) is 2.40. The molecule has 1 aromatic rings. The van der Waals surface area contributed by atoms with Gasteiger partial charge in [0.1, 0.15) is 5.75 Å². The van der Waals surface area contributed by atoms with Crippen LogP contribution < -0.4 is 10.1 Å². The molecule has 1 N–H and O–H groups in total. The maximum atomic E-state index is 5.68. The molecule has 94 valence electrons. The molecule has 3 heteroatoms. The quantitative estimate of drug-likeness (QED) is 0.771. The second-order valence-corrected chi connectivity index (χ2v) is 4.96. The lowest BCUT2D eigenvalue weighted by atomic mass is 10.2. The lowest BCUT2D eigenvalue weighted by Gasteiger charge is -2.10. The van der Waals surface area contributed by atoms with Gasteiger partial charge in [0.05, 0.1) is 11.1 Å². The fourth-order valence-corrected chi connectivity index (χ4v) is 1.92. The molecule has 0 unspecified atom stereocenters. The van der Waals surface area contributed by atoms with E-state index in [0.29, 0.717) is 6.61 Å². The first-order valence-corrected chi connectivity index (χ1v) is 6.69. The van der Waals surface area contributed by atoms with Crippen LogP contribution in [0.3, 0.4) is 0 Å². The van der Waals surface area contributed by atoms with Crippen molar-refractivity contribution >= 4 is 15.9 Å². The Kier molecular flexibility index (Phi) is 6.30. The van der Waals surface area contributed by atoms with Crippen molar-refractivity contribution in [3.05, 3.63) is 40.4 Å². The topological polar surface area (TPSA) is 21.3 Å². The fourth-order valence-electron chi connectivity index (χ4n) is 1.38. The van der Waals surface area contributed by atoms with Crippen molar-refractivity contribution < 1.29 is 4.74 Å². The van der Waals surface area contributed by atoms with Crippen LogP contribution in [0.1, 0.15) is 25.8 Å². The van der Waals surface area contributed by atoms with Crippen LogP contribution in [0, 0.1) is 0 Å². The summed E-state index contributed by atoms with van der Waals surface area (Å²) in [5.74, 6) is 0.895. The predicted octanol–water partition coefficient (Wildman–Crippen LogP) is 3.90. The van der Waals surface area contributed by atoms with Crippen molar-refractivity contribution in [2.24, 2.45) is 0 Å². The smallest absolute Gasteiger partial charge is 0.133 e. The van der Waals surface area contributed by atoms with Gasteiger partial charge in [-0.15, -0.1) is 6.58 Å². The van der Waals surface area contributed by atoms with Gasteiger partial charge in [-0.1, -0.05) is 18.6 Å². The van der Waals surface area contributed by atoms with Gasteiger partial charge in [-0.05, 0) is 47.1 Å². The summed E-state index contributed by atoms with van der Waals surface area (Å²) < 4.78 is 6.69. The van der Waals surface area contributed by atoms with E-state index in [-0.39, 0.29) is 0 Å². The standard InChI is InChI=1S/C14H20BrNO/c1-4-16-10-12-5-6-14(13(15)9-12)17-8-7-11(2)3/h5-6,9,16H,2,4,7-8,10H2,1,3H3. The van der Waals surface area contributed by atoms with Crippen molar-refractivity contribution in [1.29, 1.82) is 0 Å². The van der Waals surface area contributed by atoms with Crippen LogP contribution in [-0.4, -0.2) is 13.2 Å². The molecule has 0 aliphatic heterocycles. The van der Waals surface area contributed by atoms with E-state index >= 15 is 0 Å². The zero-order chi connectivity index (χ0) is 12.7. The minimum Gasteiger partial charge on any atom is -0.492 e. The highest BCUT2D eigenvalue weighted by atomic mass is 79.9. The minimum atomic E-state index is 0.681. The van der Waals surface area contributed by atoms with Crippen LogP contribution in [0.2, 0.25) is 0 Å². The molecule has 0 saturated carbocycles. The number of rotatable bonds is 7. The van der Waals surface area contributed by atoms with E-state index in [0.717, 1.165) is 35.3 Å². The third-order valence-corrected chi connectivity index (χ3v) is 2.98. The van der Waals surface area contributed by atoms with E-state index in [2.05, 4.69) is 46.9 Å². The first-order chi connectivity index (χ1) is 8.13. The van der Waals surface area contributed by atoms with Crippen molar-refractivity contribution in [3.63, 3.8) is 0 Å². The molecule has 0 amide bonds. The van der Waals surface area contributed by atoms with Gasteiger partial charge >= 0.3 is 0 Å². The Morgan fingerprint density at radius 2 is 2.24 bits per heavy atom. The minimum absolute atomic E-state index is 0.681. The summed E-state index contributed by atoms with van der Waals surface area (Å²) in [7, 11) is 0. The van der Waals surface area contributed by atoms with E-state index in [9.17, 15) is 0 Å². The van der Waals surface area contributed by atoms with Gasteiger partial charge in [-0.2, -0.15) is 0 Å². The average Bonchev–Trinajstić information content (AvgIpc) is 2.28. The van der Waals surface area contributed by atoms with E-state index in [1.807, 2.05) is 13.0 Å². The zero-order valence-electron chi connectivity index (χ0n) is 10.6. The largest absolute Gasteiger partial charge is 0.492 e. The SMILES string of the molecule is C=C(C)CCOc1ccc(CNCC)cc1Br. The summed E-state index contributed by atoms with van der Waals surface area (Å²) in [6.45, 7) is 10.5. The molecule has 0 radical (unpaired) electrons. The van der Waals surface area contributed by atoms with Crippen LogP contribution in [-0.2, 0) is 6.54 Å². The predicted molar refractivity (Wildman–Crippen MR) is 76.4 cm³/mol. The Balaban J connectivity index is 2.53. The lowest BCUT2D eigenvalue weighted by molar-refractivity contribution is 0.319. The van der Waals surface area contributed by atoms with Gasteiger partial charge in [-0.25, -0.2) is 0 Å². The molecule has 17 heavy (non-hydrogen) atoms. The van der Waals surface area contributed by atoms with Gasteiger partial charge in [-0.3, -0.25) is 0 Å². The Morgan fingerprint density at radius 3 is 2.82 bits per heavy atom. The molecule has 0 fully saturated rings. The average molecular weight is 298 g/mol. The first-order valence-electron chi connectivity index (χ1n) is 5.89. The molecule has 0 spiro atoms. The highest BCUT2D eigenvalue weighted by Crippen LogP contribution is 2.26. The van der Waals surface area contributed by atoms with Crippen molar-refractivity contribution in [2.45, 2.75) is 26.8 Å². The summed E-state index contributed by atoms with van der Waals surface area (Å²) in [4.78, 5) is 0. The number of hydrogen-bond acceptors (Lipinski definition) is 2. The van der Waals surface area contributed by atoms with Crippen LogP contribution >= 0.6 is 15.9 Å². The number of nitrogens with one attached hydrogen (secondary N) is 1. The molecule has 0 saturated heterocycles. The van der Waals surface area contributed by atoms with Gasteiger partial charge in [0.2, 0.25) is 0 Å². The van der Waals surface area contributed by atoms with E-state index in [4.69, 9.17) is 4.74 Å². The van der Waals surface area contributed by atoms with Crippen LogP contribution in [0.5, 0.6) is 5.75 Å². The van der Waals surface area contributed by atoms with Crippen LogP contribution in [0.25, 0.3) is 0 Å². The van der Waals surface area contributed by atoms with Gasteiger partial charge in [0.15, 0.2) is 0 Å². The van der Waals surface area contributed by atoms with Crippen LogP contribution in [0.4, 0.5) is 0 Å². The Hall–Kier alpha value is -0.800. The van der Waals surface area contributed by atoms with Gasteiger partial charge in [0.25, 0.3) is 0 Å². The molecule has 0 atom stereocenters. The molecule has 0 bridgehead atoms. The number of benzene rings is 1. The monoisotopic (exact) mass is 297 g/mol. The zero-order valence-corrected chi connectivity index (χ0v) is 12.1. The second-order valence-electron chi connectivity index (χ2n) is 4.10. The Morgan fingerprint density at radius 1 is 1.47 bits per heavy atom. The molecular formula is C14H20BrNO. The van der Waals surface area contributed by atoms with E-state index < -0.39 is 0 Å². The molecule has 0 aliphatic rings. The van der Waals surface area contributed by atoms with E-state index in [1.165, 1.54) is 5.56 Å². The summed E-state index contributed by atoms with van der Waals surface area (Å²) in [6.07, 6.45) is 0.894. The highest BCUT2D eigenvalue weighted by molar-refractivity contribution is 9.10. The molecule has 0 aliphatic carbocycles. The maximum absolute atomic E-state index is 5.68. The summed E-state index contributed by atoms with van der Waals surface area (Å²) in [6, 6.07) is 6.19. The number of ether oxygens (including phenoxy) is 1. The molecule has 1 rings (SSSR count). The molecule has 2 nitrogen and oxygen atoms in total. The summed E-state index contributed by atoms with van der Waals surface area (Å²) in [5, 5.41) is 3.30. The fraction of sp³-hybridized carbons (Fsp3) is 0.429. The normalized spacial score (nSPS) is 10.3. The molecular weight excluding hydrogens is 278 g/mol.